The molecule has 0 aliphatic carbocycles. The van der Waals surface area contributed by atoms with Crippen molar-refractivity contribution in [1.29, 1.82) is 0 Å². The molecule has 1 saturated heterocycles. The summed E-state index contributed by atoms with van der Waals surface area (Å²) < 4.78 is 0. The van der Waals surface area contributed by atoms with Crippen LogP contribution in [0.2, 0.25) is 0 Å². The monoisotopic (exact) mass is 227 g/mol. The van der Waals surface area contributed by atoms with Crippen LogP contribution in [0, 0.1) is 5.92 Å². The van der Waals surface area contributed by atoms with Crippen molar-refractivity contribution in [3.05, 3.63) is 29.6 Å². The third kappa shape index (κ3) is 2.07. The van der Waals surface area contributed by atoms with Crippen LogP contribution in [-0.4, -0.2) is 41.7 Å². The van der Waals surface area contributed by atoms with Crippen molar-refractivity contribution in [3.63, 3.8) is 0 Å². The van der Waals surface area contributed by atoms with Gasteiger partial charge >= 0.3 is 0 Å². The lowest BCUT2D eigenvalue weighted by molar-refractivity contribution is -0.133. The van der Waals surface area contributed by atoms with Gasteiger partial charge in [-0.15, -0.1) is 0 Å². The van der Waals surface area contributed by atoms with Crippen LogP contribution in [0.25, 0.3) is 0 Å². The lowest BCUT2D eigenvalue weighted by Gasteiger charge is -2.37. The molecule has 2 aliphatic rings. The number of amides is 1. The van der Waals surface area contributed by atoms with E-state index in [9.17, 15) is 4.79 Å². The van der Waals surface area contributed by atoms with Gasteiger partial charge in [0.25, 0.3) is 0 Å². The molecule has 0 unspecified atom stereocenters. The predicted molar refractivity (Wildman–Crippen MR) is 63.9 cm³/mol. The Morgan fingerprint density at radius 1 is 1.47 bits per heavy atom. The van der Waals surface area contributed by atoms with E-state index in [1.54, 1.807) is 11.0 Å². The number of carbonyl (C=O) groups excluding carboxylic acids is 1. The highest BCUT2D eigenvalue weighted by Gasteiger charge is 2.29. The average Bonchev–Trinajstić information content (AvgIpc) is 2.70. The number of carbonyl (C=O) groups is 1. The van der Waals surface area contributed by atoms with Crippen LogP contribution >= 0.6 is 0 Å². The van der Waals surface area contributed by atoms with Crippen molar-refractivity contribution in [2.45, 2.75) is 19.5 Å². The maximum atomic E-state index is 12.1. The highest BCUT2D eigenvalue weighted by molar-refractivity contribution is 6.04. The molecular weight excluding hydrogens is 213 g/mol. The SMILES string of the molecule is [B]N1CC(CC(=O)N2Cc3cccnc3C2)C1. The van der Waals surface area contributed by atoms with Gasteiger partial charge in [0, 0.05) is 19.2 Å². The summed E-state index contributed by atoms with van der Waals surface area (Å²) in [6, 6.07) is 3.96. The van der Waals surface area contributed by atoms with Gasteiger partial charge in [-0.1, -0.05) is 6.07 Å². The van der Waals surface area contributed by atoms with E-state index in [0.717, 1.165) is 18.8 Å². The fraction of sp³-hybridized carbons (Fsp3) is 0.500. The van der Waals surface area contributed by atoms with Crippen LogP contribution in [0.4, 0.5) is 0 Å². The van der Waals surface area contributed by atoms with Gasteiger partial charge in [0.15, 0.2) is 7.98 Å². The fourth-order valence-corrected chi connectivity index (χ4v) is 2.49. The first kappa shape index (κ1) is 10.8. The maximum absolute atomic E-state index is 12.1. The van der Waals surface area contributed by atoms with E-state index in [1.165, 1.54) is 5.56 Å². The van der Waals surface area contributed by atoms with Gasteiger partial charge in [-0.3, -0.25) is 9.78 Å². The van der Waals surface area contributed by atoms with Crippen molar-refractivity contribution < 1.29 is 4.79 Å². The van der Waals surface area contributed by atoms with Crippen LogP contribution in [-0.2, 0) is 17.9 Å². The van der Waals surface area contributed by atoms with Crippen LogP contribution in [0.15, 0.2) is 18.3 Å². The summed E-state index contributed by atoms with van der Waals surface area (Å²) in [6.45, 7) is 3.05. The molecule has 1 fully saturated rings. The summed E-state index contributed by atoms with van der Waals surface area (Å²) >= 11 is 0. The third-order valence-corrected chi connectivity index (χ3v) is 3.49. The first-order valence-corrected chi connectivity index (χ1v) is 5.92. The minimum Gasteiger partial charge on any atom is -0.353 e. The van der Waals surface area contributed by atoms with Crippen molar-refractivity contribution >= 4 is 13.9 Å². The molecule has 0 bridgehead atoms. The smallest absolute Gasteiger partial charge is 0.223 e. The average molecular weight is 227 g/mol. The lowest BCUT2D eigenvalue weighted by atomic mass is 9.92. The Kier molecular flexibility index (Phi) is 2.63. The second-order valence-corrected chi connectivity index (χ2v) is 4.88. The summed E-state index contributed by atoms with van der Waals surface area (Å²) in [7, 11) is 5.57. The van der Waals surface area contributed by atoms with E-state index < -0.39 is 0 Å². The molecule has 4 nitrogen and oxygen atoms in total. The van der Waals surface area contributed by atoms with Crippen LogP contribution < -0.4 is 0 Å². The molecule has 0 N–H and O–H groups in total. The molecule has 3 rings (SSSR count). The second-order valence-electron chi connectivity index (χ2n) is 4.88. The van der Waals surface area contributed by atoms with Gasteiger partial charge < -0.3 is 9.71 Å². The molecular formula is C12H14BN3O. The number of nitrogens with zero attached hydrogens (tertiary/aromatic N) is 3. The van der Waals surface area contributed by atoms with Crippen LogP contribution in [0.3, 0.4) is 0 Å². The molecule has 3 heterocycles. The summed E-state index contributed by atoms with van der Waals surface area (Å²) in [5.41, 5.74) is 2.21. The summed E-state index contributed by atoms with van der Waals surface area (Å²) in [4.78, 5) is 20.0. The Hall–Kier alpha value is -1.36. The molecule has 0 spiro atoms. The molecule has 2 radical (unpaired) electrons. The third-order valence-electron chi connectivity index (χ3n) is 3.49. The molecule has 2 aliphatic heterocycles. The highest BCUT2D eigenvalue weighted by atomic mass is 16.2. The molecule has 1 aromatic rings. The van der Waals surface area contributed by atoms with E-state index >= 15 is 0 Å². The van der Waals surface area contributed by atoms with E-state index in [4.69, 9.17) is 7.98 Å². The van der Waals surface area contributed by atoms with E-state index in [1.807, 2.05) is 17.0 Å². The van der Waals surface area contributed by atoms with Gasteiger partial charge in [-0.2, -0.15) is 0 Å². The minimum absolute atomic E-state index is 0.223. The number of aromatic nitrogens is 1. The fourth-order valence-electron chi connectivity index (χ4n) is 2.49. The molecule has 86 valence electrons. The Labute approximate surface area is 102 Å². The molecule has 1 aromatic heterocycles. The number of fused-ring (bicyclic) bond motifs is 1. The Balaban J connectivity index is 1.59. The van der Waals surface area contributed by atoms with Crippen LogP contribution in [0.1, 0.15) is 17.7 Å². The number of hydrogen-bond donors (Lipinski definition) is 0. The van der Waals surface area contributed by atoms with Gasteiger partial charge in [-0.05, 0) is 30.6 Å². The number of rotatable bonds is 2. The van der Waals surface area contributed by atoms with Gasteiger partial charge in [0.1, 0.15) is 0 Å². The maximum Gasteiger partial charge on any atom is 0.223 e. The number of hydrogen-bond acceptors (Lipinski definition) is 3. The van der Waals surface area contributed by atoms with E-state index in [0.29, 0.717) is 25.4 Å². The van der Waals surface area contributed by atoms with Crippen molar-refractivity contribution in [2.75, 3.05) is 13.1 Å². The zero-order valence-corrected chi connectivity index (χ0v) is 9.67. The van der Waals surface area contributed by atoms with Gasteiger partial charge in [0.05, 0.1) is 12.2 Å². The zero-order chi connectivity index (χ0) is 11.8. The molecule has 0 saturated carbocycles. The molecule has 0 atom stereocenters. The standard InChI is InChI=1S/C12H14BN3O/c13-16-5-9(6-16)4-12(17)15-7-10-2-1-3-14-11(10)8-15/h1-3,9H,4-8H2. The number of pyridine rings is 1. The van der Waals surface area contributed by atoms with Crippen molar-refractivity contribution in [1.82, 2.24) is 14.7 Å². The first-order valence-electron chi connectivity index (χ1n) is 5.92. The predicted octanol–water partition coefficient (Wildman–Crippen LogP) is 0.329. The summed E-state index contributed by atoms with van der Waals surface area (Å²) in [5, 5.41) is 0. The Morgan fingerprint density at radius 3 is 3.00 bits per heavy atom. The Morgan fingerprint density at radius 2 is 2.29 bits per heavy atom. The normalized spacial score (nSPS) is 20.1. The van der Waals surface area contributed by atoms with Gasteiger partial charge in [0.2, 0.25) is 5.91 Å². The van der Waals surface area contributed by atoms with Crippen LogP contribution in [0.5, 0.6) is 0 Å². The topological polar surface area (TPSA) is 36.4 Å². The van der Waals surface area contributed by atoms with Gasteiger partial charge in [-0.25, -0.2) is 0 Å². The second kappa shape index (κ2) is 4.15. The van der Waals surface area contributed by atoms with E-state index in [-0.39, 0.29) is 5.91 Å². The van der Waals surface area contributed by atoms with E-state index in [2.05, 4.69) is 4.98 Å². The quantitative estimate of drug-likeness (QED) is 0.683. The molecule has 5 heteroatoms. The van der Waals surface area contributed by atoms with Crippen molar-refractivity contribution in [2.24, 2.45) is 5.92 Å². The van der Waals surface area contributed by atoms with Crippen molar-refractivity contribution in [3.8, 4) is 0 Å². The zero-order valence-electron chi connectivity index (χ0n) is 9.67. The molecule has 17 heavy (non-hydrogen) atoms. The lowest BCUT2D eigenvalue weighted by Crippen LogP contribution is -2.46. The molecule has 0 aromatic carbocycles. The first-order chi connectivity index (χ1) is 8.22. The Bertz CT molecular complexity index is 420. The minimum atomic E-state index is 0.223. The largest absolute Gasteiger partial charge is 0.353 e. The highest BCUT2D eigenvalue weighted by Crippen LogP contribution is 2.23. The molecule has 1 amide bonds. The summed E-state index contributed by atoms with van der Waals surface area (Å²) in [5.74, 6) is 0.658. The summed E-state index contributed by atoms with van der Waals surface area (Å²) in [6.07, 6.45) is 2.40.